The van der Waals surface area contributed by atoms with E-state index in [1.165, 1.54) is 0 Å². The maximum absolute atomic E-state index is 13.2. The molecule has 4 rings (SSSR count). The van der Waals surface area contributed by atoms with Gasteiger partial charge in [0.05, 0.1) is 30.0 Å². The van der Waals surface area contributed by atoms with Gasteiger partial charge in [-0.05, 0) is 44.5 Å². The first-order valence-electron chi connectivity index (χ1n) is 8.89. The van der Waals surface area contributed by atoms with Crippen molar-refractivity contribution in [2.45, 2.75) is 30.9 Å². The van der Waals surface area contributed by atoms with Crippen LogP contribution in [0.2, 0.25) is 0 Å². The Balaban J connectivity index is 1.63. The average molecular weight is 340 g/mol. The Labute approximate surface area is 147 Å². The van der Waals surface area contributed by atoms with Gasteiger partial charge in [0.25, 0.3) is 5.91 Å². The Hall–Kier alpha value is -2.18. The van der Waals surface area contributed by atoms with Gasteiger partial charge in [0.1, 0.15) is 0 Å². The van der Waals surface area contributed by atoms with Crippen molar-refractivity contribution in [2.24, 2.45) is 7.05 Å². The Morgan fingerprint density at radius 3 is 2.76 bits per heavy atom. The number of ether oxygens (including phenoxy) is 1. The molecule has 2 fully saturated rings. The minimum atomic E-state index is -0.0852. The highest BCUT2D eigenvalue weighted by atomic mass is 16.5. The highest BCUT2D eigenvalue weighted by Crippen LogP contribution is 2.37. The van der Waals surface area contributed by atoms with E-state index in [4.69, 9.17) is 4.74 Å². The Kier molecular flexibility index (Phi) is 4.31. The predicted molar refractivity (Wildman–Crippen MR) is 95.7 cm³/mol. The van der Waals surface area contributed by atoms with Crippen molar-refractivity contribution in [1.82, 2.24) is 15.1 Å². The molecular weight excluding hydrogens is 316 g/mol. The van der Waals surface area contributed by atoms with E-state index >= 15 is 0 Å². The third-order valence-corrected chi connectivity index (χ3v) is 5.27. The number of carbonyl (C=O) groups excluding carboxylic acids is 1. The molecule has 0 saturated carbocycles. The molecular formula is C19H24N4O2. The second-order valence-corrected chi connectivity index (χ2v) is 7.02. The highest BCUT2D eigenvalue weighted by Gasteiger charge is 2.44. The van der Waals surface area contributed by atoms with Gasteiger partial charge in [-0.3, -0.25) is 9.48 Å². The first-order chi connectivity index (χ1) is 12.2. The molecule has 0 unspecified atom stereocenters. The molecule has 1 aromatic carbocycles. The van der Waals surface area contributed by atoms with Crippen LogP contribution >= 0.6 is 0 Å². The molecule has 2 aliphatic rings. The number of nitrogens with one attached hydrogen (secondary N) is 1. The van der Waals surface area contributed by atoms with Crippen LogP contribution in [0.1, 0.15) is 29.6 Å². The summed E-state index contributed by atoms with van der Waals surface area (Å²) in [7, 11) is 1.83. The summed E-state index contributed by atoms with van der Waals surface area (Å²) in [6, 6.07) is 9.93. The van der Waals surface area contributed by atoms with Crippen molar-refractivity contribution in [3.63, 3.8) is 0 Å². The predicted octanol–water partition coefficient (Wildman–Crippen LogP) is 1.98. The Morgan fingerprint density at radius 2 is 2.08 bits per heavy atom. The van der Waals surface area contributed by atoms with E-state index in [9.17, 15) is 4.79 Å². The molecule has 0 aliphatic carbocycles. The summed E-state index contributed by atoms with van der Waals surface area (Å²) in [4.78, 5) is 15.1. The summed E-state index contributed by atoms with van der Waals surface area (Å²) in [5, 5.41) is 7.54. The van der Waals surface area contributed by atoms with Crippen LogP contribution in [0, 0.1) is 0 Å². The zero-order valence-corrected chi connectivity index (χ0v) is 14.5. The maximum atomic E-state index is 13.2. The summed E-state index contributed by atoms with van der Waals surface area (Å²) in [6.45, 7) is 2.55. The van der Waals surface area contributed by atoms with E-state index in [1.54, 1.807) is 17.1 Å². The van der Waals surface area contributed by atoms with Gasteiger partial charge >= 0.3 is 0 Å². The van der Waals surface area contributed by atoms with Gasteiger partial charge in [0.2, 0.25) is 0 Å². The molecule has 132 valence electrons. The van der Waals surface area contributed by atoms with Crippen molar-refractivity contribution < 1.29 is 9.53 Å². The van der Waals surface area contributed by atoms with Crippen molar-refractivity contribution >= 4 is 11.6 Å². The molecule has 25 heavy (non-hydrogen) atoms. The van der Waals surface area contributed by atoms with E-state index in [0.717, 1.165) is 38.0 Å². The second kappa shape index (κ2) is 6.61. The molecule has 2 saturated heterocycles. The van der Waals surface area contributed by atoms with E-state index < -0.39 is 0 Å². The molecule has 3 heterocycles. The number of aryl methyl sites for hydroxylation is 1. The van der Waals surface area contributed by atoms with Gasteiger partial charge in [-0.15, -0.1) is 0 Å². The van der Waals surface area contributed by atoms with Gasteiger partial charge in [0.15, 0.2) is 0 Å². The van der Waals surface area contributed by atoms with Crippen LogP contribution in [0.15, 0.2) is 42.7 Å². The smallest absolute Gasteiger partial charge is 0.261 e. The fraction of sp³-hybridized carbons (Fsp3) is 0.474. The summed E-state index contributed by atoms with van der Waals surface area (Å²) in [5.74, 6) is -0.0149. The second-order valence-electron chi connectivity index (χ2n) is 7.02. The van der Waals surface area contributed by atoms with Crippen molar-refractivity contribution in [3.05, 3.63) is 48.3 Å². The average Bonchev–Trinajstić information content (AvgIpc) is 3.24. The molecule has 1 N–H and O–H groups in total. The molecule has 2 aliphatic heterocycles. The number of amides is 1. The minimum Gasteiger partial charge on any atom is -0.373 e. The van der Waals surface area contributed by atoms with Crippen LogP contribution in [-0.2, 0) is 11.8 Å². The fourth-order valence-corrected chi connectivity index (χ4v) is 3.97. The number of carbonyl (C=O) groups is 1. The summed E-state index contributed by atoms with van der Waals surface area (Å²) < 4.78 is 7.90. The van der Waals surface area contributed by atoms with E-state index in [-0.39, 0.29) is 17.6 Å². The molecule has 1 amide bonds. The lowest BCUT2D eigenvalue weighted by molar-refractivity contribution is -0.0193. The normalized spacial score (nSPS) is 22.2. The van der Waals surface area contributed by atoms with Crippen LogP contribution in [-0.4, -0.2) is 47.0 Å². The number of benzene rings is 1. The van der Waals surface area contributed by atoms with Gasteiger partial charge in [0, 0.05) is 18.9 Å². The molecule has 2 aromatic rings. The van der Waals surface area contributed by atoms with Crippen LogP contribution < -0.4 is 10.2 Å². The maximum Gasteiger partial charge on any atom is 0.261 e. The van der Waals surface area contributed by atoms with Gasteiger partial charge in [-0.1, -0.05) is 18.2 Å². The molecule has 6 nitrogen and oxygen atoms in total. The largest absolute Gasteiger partial charge is 0.373 e. The number of hydrogen-bond donors (Lipinski definition) is 1. The van der Waals surface area contributed by atoms with Crippen LogP contribution in [0.4, 0.5) is 5.69 Å². The quantitative estimate of drug-likeness (QED) is 0.928. The molecule has 1 atom stereocenters. The summed E-state index contributed by atoms with van der Waals surface area (Å²) in [5.41, 5.74) is 1.44. The first kappa shape index (κ1) is 16.3. The fourth-order valence-electron chi connectivity index (χ4n) is 3.97. The van der Waals surface area contributed by atoms with E-state index in [2.05, 4.69) is 10.4 Å². The van der Waals surface area contributed by atoms with Crippen LogP contribution in [0.25, 0.3) is 0 Å². The Bertz CT molecular complexity index is 737. The summed E-state index contributed by atoms with van der Waals surface area (Å²) >= 11 is 0. The number of para-hydroxylation sites is 1. The topological polar surface area (TPSA) is 59.4 Å². The lowest BCUT2D eigenvalue weighted by Gasteiger charge is -2.34. The van der Waals surface area contributed by atoms with Crippen molar-refractivity contribution in [1.29, 1.82) is 0 Å². The number of anilines is 1. The standard InChI is InChI=1S/C19H24N4O2/c1-22-13-15(12-21-22)18(24)23(16-5-3-2-4-6-16)17-11-19(25-14-17)7-9-20-10-8-19/h2-6,12-13,17,20H,7-11,14H2,1H3/t17-/m1/s1. The van der Waals surface area contributed by atoms with Crippen molar-refractivity contribution in [2.75, 3.05) is 24.6 Å². The number of piperidine rings is 1. The lowest BCUT2D eigenvalue weighted by Crippen LogP contribution is -2.44. The number of aromatic nitrogens is 2. The molecule has 1 spiro atoms. The van der Waals surface area contributed by atoms with Gasteiger partial charge < -0.3 is 15.0 Å². The molecule has 0 bridgehead atoms. The number of rotatable bonds is 3. The SMILES string of the molecule is Cn1cc(C(=O)N(c2ccccc2)[C@H]2COC3(CCNCC3)C2)cn1. The minimum absolute atomic E-state index is 0.0149. The highest BCUT2D eigenvalue weighted by molar-refractivity contribution is 6.06. The van der Waals surface area contributed by atoms with Crippen LogP contribution in [0.5, 0.6) is 0 Å². The van der Waals surface area contributed by atoms with Crippen molar-refractivity contribution in [3.8, 4) is 0 Å². The zero-order valence-electron chi connectivity index (χ0n) is 14.5. The van der Waals surface area contributed by atoms with E-state index in [1.807, 2.05) is 42.3 Å². The first-order valence-corrected chi connectivity index (χ1v) is 8.89. The lowest BCUT2D eigenvalue weighted by atomic mass is 9.87. The van der Waals surface area contributed by atoms with E-state index in [0.29, 0.717) is 12.2 Å². The molecule has 0 radical (unpaired) electrons. The number of hydrogen-bond acceptors (Lipinski definition) is 4. The van der Waals surface area contributed by atoms with Gasteiger partial charge in [-0.2, -0.15) is 5.10 Å². The van der Waals surface area contributed by atoms with Gasteiger partial charge in [-0.25, -0.2) is 0 Å². The zero-order chi connectivity index (χ0) is 17.3. The molecule has 1 aromatic heterocycles. The monoisotopic (exact) mass is 340 g/mol. The third kappa shape index (κ3) is 3.19. The number of nitrogens with zero attached hydrogens (tertiary/aromatic N) is 3. The van der Waals surface area contributed by atoms with Crippen LogP contribution in [0.3, 0.4) is 0 Å². The molecule has 6 heteroatoms. The third-order valence-electron chi connectivity index (χ3n) is 5.27. The summed E-state index contributed by atoms with van der Waals surface area (Å²) in [6.07, 6.45) is 6.30. The Morgan fingerprint density at radius 1 is 1.32 bits per heavy atom.